The van der Waals surface area contributed by atoms with Crippen LogP contribution in [0.25, 0.3) is 0 Å². The minimum Gasteiger partial charge on any atom is -0.296 e. The van der Waals surface area contributed by atoms with Crippen molar-refractivity contribution in [1.82, 2.24) is 4.72 Å². The molecule has 0 saturated carbocycles. The summed E-state index contributed by atoms with van der Waals surface area (Å²) < 4.78 is 24.3. The van der Waals surface area contributed by atoms with Crippen LogP contribution in [0.3, 0.4) is 0 Å². The summed E-state index contributed by atoms with van der Waals surface area (Å²) in [5.74, 6) is 0. The average Bonchev–Trinajstić information content (AvgIpc) is 1.82. The summed E-state index contributed by atoms with van der Waals surface area (Å²) in [5.41, 5.74) is 0. The van der Waals surface area contributed by atoms with Crippen molar-refractivity contribution in [3.05, 3.63) is 0 Å². The van der Waals surface area contributed by atoms with Crippen LogP contribution >= 0.6 is 11.1 Å². The molecule has 0 radical (unpaired) electrons. The van der Waals surface area contributed by atoms with E-state index >= 15 is 0 Å². The zero-order valence-corrected chi connectivity index (χ0v) is 5.31. The highest BCUT2D eigenvalue weighted by molar-refractivity contribution is 8.18. The number of hydrogen-bond donors (Lipinski definition) is 3. The van der Waals surface area contributed by atoms with Crippen molar-refractivity contribution in [1.29, 1.82) is 0 Å². The van der Waals surface area contributed by atoms with Crippen LogP contribution in [0.1, 0.15) is 6.92 Å². The van der Waals surface area contributed by atoms with Crippen molar-refractivity contribution >= 4 is 11.1 Å². The van der Waals surface area contributed by atoms with E-state index in [2.05, 4.69) is 8.91 Å². The molecular formula is C3H9NO3S. The lowest BCUT2D eigenvalue weighted by Crippen LogP contribution is -2.20. The highest BCUT2D eigenvalue weighted by Gasteiger charge is 2.28. The first-order chi connectivity index (χ1) is 3.60. The van der Waals surface area contributed by atoms with Gasteiger partial charge in [0.25, 0.3) is 0 Å². The summed E-state index contributed by atoms with van der Waals surface area (Å²) in [4.78, 5) is 0. The van der Waals surface area contributed by atoms with Gasteiger partial charge in [0.2, 0.25) is 0 Å². The van der Waals surface area contributed by atoms with Crippen LogP contribution in [0.2, 0.25) is 0 Å². The highest BCUT2D eigenvalue weighted by Crippen LogP contribution is 2.39. The molecule has 0 unspecified atom stereocenters. The SMILES string of the molecule is C[C@H]1COS(O)(O)N1. The van der Waals surface area contributed by atoms with E-state index in [9.17, 15) is 0 Å². The summed E-state index contributed by atoms with van der Waals surface area (Å²) in [7, 11) is 0. The lowest BCUT2D eigenvalue weighted by molar-refractivity contribution is 0.293. The van der Waals surface area contributed by atoms with E-state index in [0.717, 1.165) is 0 Å². The van der Waals surface area contributed by atoms with Crippen molar-refractivity contribution in [2.24, 2.45) is 0 Å². The molecule has 0 aromatic heterocycles. The molecule has 5 heteroatoms. The summed E-state index contributed by atoms with van der Waals surface area (Å²) in [6.45, 7) is 2.20. The fourth-order valence-electron chi connectivity index (χ4n) is 0.527. The molecule has 1 atom stereocenters. The Kier molecular flexibility index (Phi) is 1.46. The molecular weight excluding hydrogens is 130 g/mol. The quantitative estimate of drug-likeness (QED) is 0.459. The van der Waals surface area contributed by atoms with Gasteiger partial charge in [0, 0.05) is 6.04 Å². The molecule has 1 saturated heterocycles. The Bertz CT molecular complexity index is 96.5. The molecule has 0 aliphatic carbocycles. The molecule has 1 rings (SSSR count). The standard InChI is InChI=1S/C3H9NO3S/c1-3-2-7-8(5,6)4-3/h3-6H,2H2,1H3/t3-/m0/s1. The van der Waals surface area contributed by atoms with Crippen LogP contribution in [0.4, 0.5) is 0 Å². The van der Waals surface area contributed by atoms with Crippen LogP contribution < -0.4 is 4.72 Å². The second-order valence-electron chi connectivity index (χ2n) is 1.80. The average molecular weight is 139 g/mol. The normalized spacial score (nSPS) is 39.6. The lowest BCUT2D eigenvalue weighted by Gasteiger charge is -2.17. The summed E-state index contributed by atoms with van der Waals surface area (Å²) in [5, 5.41) is 0. The summed E-state index contributed by atoms with van der Waals surface area (Å²) in [6.07, 6.45) is 0. The maximum absolute atomic E-state index is 8.67. The zero-order chi connectivity index (χ0) is 6.20. The van der Waals surface area contributed by atoms with E-state index in [4.69, 9.17) is 9.11 Å². The van der Waals surface area contributed by atoms with E-state index in [-0.39, 0.29) is 6.04 Å². The smallest absolute Gasteiger partial charge is 0.155 e. The van der Waals surface area contributed by atoms with Gasteiger partial charge in [-0.3, -0.25) is 13.3 Å². The third-order valence-corrected chi connectivity index (χ3v) is 2.01. The molecule has 0 aromatic rings. The van der Waals surface area contributed by atoms with E-state index in [0.29, 0.717) is 6.61 Å². The largest absolute Gasteiger partial charge is 0.296 e. The maximum atomic E-state index is 8.67. The molecule has 0 amide bonds. The monoisotopic (exact) mass is 139 g/mol. The van der Waals surface area contributed by atoms with Gasteiger partial charge in [0.05, 0.1) is 6.61 Å². The van der Waals surface area contributed by atoms with E-state index in [1.807, 2.05) is 6.92 Å². The van der Waals surface area contributed by atoms with Crippen LogP contribution in [0.15, 0.2) is 0 Å². The second-order valence-corrected chi connectivity index (χ2v) is 3.26. The molecule has 0 bridgehead atoms. The van der Waals surface area contributed by atoms with Crippen LogP contribution in [0, 0.1) is 0 Å². The van der Waals surface area contributed by atoms with Gasteiger partial charge in [-0.05, 0) is 6.92 Å². The van der Waals surface area contributed by atoms with Gasteiger partial charge in [0.1, 0.15) is 0 Å². The minimum absolute atomic E-state index is 0.0556. The van der Waals surface area contributed by atoms with Crippen LogP contribution in [-0.2, 0) is 4.18 Å². The molecule has 1 aliphatic rings. The van der Waals surface area contributed by atoms with Crippen molar-refractivity contribution in [2.75, 3.05) is 6.61 Å². The molecule has 0 spiro atoms. The van der Waals surface area contributed by atoms with Gasteiger partial charge in [-0.2, -0.15) is 0 Å². The van der Waals surface area contributed by atoms with E-state index < -0.39 is 11.1 Å². The Hall–Kier alpha value is 0.190. The lowest BCUT2D eigenvalue weighted by atomic mass is 10.4. The summed E-state index contributed by atoms with van der Waals surface area (Å²) in [6, 6.07) is 0.0556. The van der Waals surface area contributed by atoms with Gasteiger partial charge in [-0.15, -0.1) is 0 Å². The Morgan fingerprint density at radius 2 is 2.38 bits per heavy atom. The molecule has 8 heavy (non-hydrogen) atoms. The zero-order valence-electron chi connectivity index (χ0n) is 4.50. The third-order valence-electron chi connectivity index (χ3n) is 0.837. The molecule has 0 aromatic carbocycles. The maximum Gasteiger partial charge on any atom is 0.155 e. The van der Waals surface area contributed by atoms with Gasteiger partial charge < -0.3 is 0 Å². The molecule has 1 heterocycles. The van der Waals surface area contributed by atoms with Crippen LogP contribution in [0.5, 0.6) is 0 Å². The number of rotatable bonds is 0. The molecule has 3 N–H and O–H groups in total. The molecule has 1 aliphatic heterocycles. The van der Waals surface area contributed by atoms with E-state index in [1.54, 1.807) is 0 Å². The van der Waals surface area contributed by atoms with Crippen molar-refractivity contribution in [3.8, 4) is 0 Å². The van der Waals surface area contributed by atoms with Gasteiger partial charge in [0.15, 0.2) is 11.1 Å². The Morgan fingerprint density at radius 3 is 2.50 bits per heavy atom. The Labute approximate surface area is 49.5 Å². The number of nitrogens with one attached hydrogen (secondary N) is 1. The van der Waals surface area contributed by atoms with Crippen LogP contribution in [-0.4, -0.2) is 21.8 Å². The predicted octanol–water partition coefficient (Wildman–Crippen LogP) is 0.575. The predicted molar refractivity (Wildman–Crippen MR) is 31.4 cm³/mol. The molecule has 1 fully saturated rings. The Morgan fingerprint density at radius 1 is 1.75 bits per heavy atom. The van der Waals surface area contributed by atoms with Crippen molar-refractivity contribution < 1.29 is 13.3 Å². The topological polar surface area (TPSA) is 61.7 Å². The van der Waals surface area contributed by atoms with Crippen molar-refractivity contribution in [3.63, 3.8) is 0 Å². The summed E-state index contributed by atoms with van der Waals surface area (Å²) >= 11 is -2.85. The fraction of sp³-hybridized carbons (Fsp3) is 1.00. The second kappa shape index (κ2) is 1.85. The van der Waals surface area contributed by atoms with E-state index in [1.165, 1.54) is 0 Å². The highest BCUT2D eigenvalue weighted by atomic mass is 32.3. The molecule has 4 nitrogen and oxygen atoms in total. The first-order valence-electron chi connectivity index (χ1n) is 2.30. The van der Waals surface area contributed by atoms with Gasteiger partial charge in [-0.1, -0.05) is 0 Å². The van der Waals surface area contributed by atoms with Gasteiger partial charge >= 0.3 is 0 Å². The number of hydrogen-bond acceptors (Lipinski definition) is 4. The first-order valence-corrected chi connectivity index (χ1v) is 3.77. The fourth-order valence-corrected chi connectivity index (χ4v) is 1.58. The first kappa shape index (κ1) is 6.31. The Balaban J connectivity index is 2.44. The van der Waals surface area contributed by atoms with Gasteiger partial charge in [-0.25, -0.2) is 4.72 Å². The van der Waals surface area contributed by atoms with Crippen molar-refractivity contribution in [2.45, 2.75) is 13.0 Å². The molecule has 50 valence electrons. The minimum atomic E-state index is -2.85. The third kappa shape index (κ3) is 1.33.